The molecule has 112 valence electrons. The summed E-state index contributed by atoms with van der Waals surface area (Å²) in [5, 5.41) is 2.39. The van der Waals surface area contributed by atoms with Crippen LogP contribution in [0.2, 0.25) is 0 Å². The van der Waals surface area contributed by atoms with Crippen LogP contribution in [-0.2, 0) is 6.42 Å². The average Bonchev–Trinajstić information content (AvgIpc) is 2.53. The van der Waals surface area contributed by atoms with E-state index in [1.165, 1.54) is 16.7 Å². The van der Waals surface area contributed by atoms with Crippen LogP contribution < -0.4 is 27.2 Å². The van der Waals surface area contributed by atoms with E-state index in [9.17, 15) is 0 Å². The van der Waals surface area contributed by atoms with Crippen LogP contribution in [0, 0.1) is 0 Å². The summed E-state index contributed by atoms with van der Waals surface area (Å²) in [7, 11) is 3.38. The minimum absolute atomic E-state index is 0. The van der Waals surface area contributed by atoms with Crippen molar-refractivity contribution in [1.82, 2.24) is 0 Å². The second kappa shape index (κ2) is 6.83. The number of methoxy groups -OCH3 is 2. The standard InChI is InChI=1S/C17H19NO2.ClH/c1-19-15-10-13-8-9-18-17(12-6-4-3-5-7-12)14(13)11-16(15)20-2;/h3-7,10-11,17-18H,8-9H2,1-2H3;1H. The molecule has 0 saturated carbocycles. The van der Waals surface area contributed by atoms with E-state index in [-0.39, 0.29) is 12.4 Å². The molecule has 1 unspecified atom stereocenters. The molecule has 0 spiro atoms. The van der Waals surface area contributed by atoms with E-state index in [0.29, 0.717) is 6.04 Å². The van der Waals surface area contributed by atoms with Gasteiger partial charge in [0.05, 0.1) is 20.8 Å². The molecule has 2 N–H and O–H groups in total. The first kappa shape index (κ1) is 15.7. The summed E-state index contributed by atoms with van der Waals surface area (Å²) < 4.78 is 10.9. The minimum Gasteiger partial charge on any atom is -1.00 e. The lowest BCUT2D eigenvalue weighted by atomic mass is 9.89. The lowest BCUT2D eigenvalue weighted by Crippen LogP contribution is -3.00. The van der Waals surface area contributed by atoms with Gasteiger partial charge in [0.25, 0.3) is 0 Å². The Balaban J connectivity index is 0.00000161. The molecule has 0 saturated heterocycles. The highest BCUT2D eigenvalue weighted by Crippen LogP contribution is 2.35. The molecule has 21 heavy (non-hydrogen) atoms. The maximum Gasteiger partial charge on any atom is 0.161 e. The predicted octanol–water partition coefficient (Wildman–Crippen LogP) is -1.08. The molecule has 1 heterocycles. The van der Waals surface area contributed by atoms with E-state index in [1.807, 2.05) is 0 Å². The van der Waals surface area contributed by atoms with Crippen molar-refractivity contribution < 1.29 is 27.2 Å². The maximum atomic E-state index is 5.45. The van der Waals surface area contributed by atoms with Gasteiger partial charge in [0.1, 0.15) is 6.04 Å². The van der Waals surface area contributed by atoms with Gasteiger partial charge in [-0.1, -0.05) is 30.3 Å². The second-order valence-electron chi connectivity index (χ2n) is 5.07. The van der Waals surface area contributed by atoms with E-state index in [4.69, 9.17) is 9.47 Å². The molecule has 0 aromatic heterocycles. The summed E-state index contributed by atoms with van der Waals surface area (Å²) in [6, 6.07) is 15.2. The number of fused-ring (bicyclic) bond motifs is 1. The third kappa shape index (κ3) is 2.99. The Hall–Kier alpha value is -1.71. The van der Waals surface area contributed by atoms with E-state index in [0.717, 1.165) is 24.5 Å². The molecule has 3 nitrogen and oxygen atoms in total. The zero-order valence-corrected chi connectivity index (χ0v) is 13.1. The normalized spacial score (nSPS) is 16.6. The molecule has 1 atom stereocenters. The third-order valence-corrected chi connectivity index (χ3v) is 3.96. The van der Waals surface area contributed by atoms with Crippen molar-refractivity contribution in [3.05, 3.63) is 59.2 Å². The van der Waals surface area contributed by atoms with E-state index < -0.39 is 0 Å². The Kier molecular flexibility index (Phi) is 5.10. The second-order valence-corrected chi connectivity index (χ2v) is 5.07. The number of rotatable bonds is 3. The number of hydrogen-bond donors (Lipinski definition) is 1. The fourth-order valence-corrected chi connectivity index (χ4v) is 2.95. The number of benzene rings is 2. The molecule has 0 amide bonds. The Morgan fingerprint density at radius 2 is 1.67 bits per heavy atom. The summed E-state index contributed by atoms with van der Waals surface area (Å²) in [4.78, 5) is 0. The van der Waals surface area contributed by atoms with Crippen molar-refractivity contribution in [2.45, 2.75) is 12.5 Å². The maximum absolute atomic E-state index is 5.45. The molecule has 1 aliphatic heterocycles. The fourth-order valence-electron chi connectivity index (χ4n) is 2.95. The van der Waals surface area contributed by atoms with E-state index in [1.54, 1.807) is 14.2 Å². The lowest BCUT2D eigenvalue weighted by Gasteiger charge is -2.25. The SMILES string of the molecule is COc1cc2c(cc1OC)C(c1ccccc1)[NH2+]CC2.[Cl-]. The molecular weight excluding hydrogens is 286 g/mol. The first-order valence-corrected chi connectivity index (χ1v) is 6.96. The number of quaternary nitrogens is 1. The molecule has 3 rings (SSSR count). The van der Waals surface area contributed by atoms with Crippen molar-refractivity contribution in [1.29, 1.82) is 0 Å². The quantitative estimate of drug-likeness (QED) is 0.783. The van der Waals surface area contributed by atoms with Gasteiger partial charge in [0, 0.05) is 17.5 Å². The predicted molar refractivity (Wildman–Crippen MR) is 78.3 cm³/mol. The zero-order chi connectivity index (χ0) is 13.9. The van der Waals surface area contributed by atoms with Crippen molar-refractivity contribution in [2.75, 3.05) is 20.8 Å². The molecule has 4 heteroatoms. The van der Waals surface area contributed by atoms with Gasteiger partial charge >= 0.3 is 0 Å². The monoisotopic (exact) mass is 305 g/mol. The molecule has 2 aromatic rings. The van der Waals surface area contributed by atoms with Gasteiger partial charge in [-0.3, -0.25) is 0 Å². The number of halogens is 1. The first-order valence-electron chi connectivity index (χ1n) is 6.96. The van der Waals surface area contributed by atoms with E-state index in [2.05, 4.69) is 47.8 Å². The first-order chi connectivity index (χ1) is 9.83. The Labute approximate surface area is 131 Å². The van der Waals surface area contributed by atoms with Gasteiger partial charge in [0.2, 0.25) is 0 Å². The van der Waals surface area contributed by atoms with Crippen molar-refractivity contribution >= 4 is 0 Å². The fraction of sp³-hybridized carbons (Fsp3) is 0.294. The summed E-state index contributed by atoms with van der Waals surface area (Å²) >= 11 is 0. The van der Waals surface area contributed by atoms with Crippen LogP contribution in [0.15, 0.2) is 42.5 Å². The largest absolute Gasteiger partial charge is 1.00 e. The van der Waals surface area contributed by atoms with Gasteiger partial charge in [-0.25, -0.2) is 0 Å². The molecular formula is C17H20ClNO2. The van der Waals surface area contributed by atoms with Gasteiger partial charge in [-0.2, -0.15) is 0 Å². The number of ether oxygens (including phenoxy) is 2. The topological polar surface area (TPSA) is 35.1 Å². The zero-order valence-electron chi connectivity index (χ0n) is 12.3. The van der Waals surface area contributed by atoms with Gasteiger partial charge in [0.15, 0.2) is 11.5 Å². The number of hydrogen-bond acceptors (Lipinski definition) is 2. The smallest absolute Gasteiger partial charge is 0.161 e. The molecule has 0 radical (unpaired) electrons. The Bertz CT molecular complexity index is 601. The summed E-state index contributed by atoms with van der Waals surface area (Å²) in [6.07, 6.45) is 1.07. The highest BCUT2D eigenvalue weighted by Gasteiger charge is 2.26. The average molecular weight is 306 g/mol. The van der Waals surface area contributed by atoms with Gasteiger partial charge in [-0.15, -0.1) is 0 Å². The molecule has 0 aliphatic carbocycles. The Morgan fingerprint density at radius 3 is 2.33 bits per heavy atom. The molecule has 1 aliphatic rings. The van der Waals surface area contributed by atoms with Gasteiger partial charge < -0.3 is 27.2 Å². The summed E-state index contributed by atoms with van der Waals surface area (Å²) in [6.45, 7) is 1.10. The van der Waals surface area contributed by atoms with Crippen LogP contribution in [0.5, 0.6) is 11.5 Å². The minimum atomic E-state index is 0. The van der Waals surface area contributed by atoms with Crippen LogP contribution in [0.1, 0.15) is 22.7 Å². The molecule has 0 fully saturated rings. The van der Waals surface area contributed by atoms with E-state index >= 15 is 0 Å². The summed E-state index contributed by atoms with van der Waals surface area (Å²) in [5.41, 5.74) is 4.03. The van der Waals surface area contributed by atoms with Gasteiger partial charge in [-0.05, 0) is 17.7 Å². The van der Waals surface area contributed by atoms with Crippen molar-refractivity contribution in [3.8, 4) is 11.5 Å². The highest BCUT2D eigenvalue weighted by atomic mass is 35.5. The van der Waals surface area contributed by atoms with Crippen LogP contribution in [0.25, 0.3) is 0 Å². The molecule has 2 aromatic carbocycles. The van der Waals surface area contributed by atoms with Crippen LogP contribution in [0.3, 0.4) is 0 Å². The van der Waals surface area contributed by atoms with Crippen molar-refractivity contribution in [3.63, 3.8) is 0 Å². The van der Waals surface area contributed by atoms with Crippen molar-refractivity contribution in [2.24, 2.45) is 0 Å². The third-order valence-electron chi connectivity index (χ3n) is 3.96. The highest BCUT2D eigenvalue weighted by molar-refractivity contribution is 5.50. The van der Waals surface area contributed by atoms with Crippen LogP contribution in [-0.4, -0.2) is 20.8 Å². The Morgan fingerprint density at radius 1 is 1.00 bits per heavy atom. The number of nitrogens with two attached hydrogens (primary N) is 1. The summed E-state index contributed by atoms with van der Waals surface area (Å²) in [5.74, 6) is 1.63. The molecule has 0 bridgehead atoms. The van der Waals surface area contributed by atoms with Crippen LogP contribution >= 0.6 is 0 Å². The lowest BCUT2D eigenvalue weighted by molar-refractivity contribution is -0.690. The van der Waals surface area contributed by atoms with Crippen LogP contribution in [0.4, 0.5) is 0 Å².